The Morgan fingerprint density at radius 2 is 1.79 bits per heavy atom. The number of carbonyl (C=O) groups excluding carboxylic acids is 1. The molecule has 0 aliphatic heterocycles. The van der Waals surface area contributed by atoms with Crippen LogP contribution in [0.3, 0.4) is 0 Å². The number of halogens is 1. The molecule has 0 aliphatic carbocycles. The summed E-state index contributed by atoms with van der Waals surface area (Å²) in [7, 11) is 0. The summed E-state index contributed by atoms with van der Waals surface area (Å²) in [5.41, 5.74) is 5.72. The molecule has 0 aromatic heterocycles. The average Bonchev–Trinajstić information content (AvgIpc) is 2.75. The lowest BCUT2D eigenvalue weighted by molar-refractivity contribution is -0.120. The molecule has 0 spiro atoms. The maximum atomic E-state index is 11.9. The summed E-state index contributed by atoms with van der Waals surface area (Å²) in [6, 6.07) is 24.4. The Morgan fingerprint density at radius 1 is 1.07 bits per heavy atom. The van der Waals surface area contributed by atoms with E-state index in [9.17, 15) is 4.79 Å². The van der Waals surface area contributed by atoms with E-state index in [0.717, 1.165) is 21.2 Å². The summed E-state index contributed by atoms with van der Waals surface area (Å²) in [6.45, 7) is 0.323. The topological polar surface area (TPSA) is 74.5 Å². The normalized spacial score (nSPS) is 10.5. The van der Waals surface area contributed by atoms with Crippen LogP contribution in [0.4, 0.5) is 0 Å². The molecule has 144 valence electrons. The van der Waals surface area contributed by atoms with Crippen LogP contribution in [0.15, 0.2) is 82.4 Å². The molecule has 0 aliphatic rings. The molecule has 3 aromatic carbocycles. The van der Waals surface area contributed by atoms with Gasteiger partial charge in [-0.25, -0.2) is 5.43 Å². The number of ether oxygens (including phenoxy) is 1. The summed E-state index contributed by atoms with van der Waals surface area (Å²) in [4.78, 5) is 11.9. The fourth-order valence-corrected chi connectivity index (χ4v) is 2.84. The van der Waals surface area contributed by atoms with E-state index in [0.29, 0.717) is 17.9 Å². The predicted molar refractivity (Wildman–Crippen MR) is 116 cm³/mol. The van der Waals surface area contributed by atoms with Gasteiger partial charge in [-0.2, -0.15) is 10.4 Å². The van der Waals surface area contributed by atoms with E-state index >= 15 is 0 Å². The molecule has 0 saturated carbocycles. The van der Waals surface area contributed by atoms with Gasteiger partial charge in [-0.05, 0) is 53.6 Å². The molecule has 3 rings (SSSR count). The molecule has 6 heteroatoms. The maximum Gasteiger partial charge on any atom is 0.244 e. The van der Waals surface area contributed by atoms with Crippen LogP contribution in [-0.4, -0.2) is 12.1 Å². The molecule has 0 unspecified atom stereocenters. The molecule has 0 bridgehead atoms. The monoisotopic (exact) mass is 447 g/mol. The molecule has 0 radical (unpaired) electrons. The summed E-state index contributed by atoms with van der Waals surface area (Å²) in [5, 5.41) is 13.1. The highest BCUT2D eigenvalue weighted by molar-refractivity contribution is 9.10. The van der Waals surface area contributed by atoms with Gasteiger partial charge in [0.1, 0.15) is 12.4 Å². The molecule has 0 heterocycles. The van der Waals surface area contributed by atoms with E-state index in [4.69, 9.17) is 10.00 Å². The minimum atomic E-state index is -0.181. The van der Waals surface area contributed by atoms with Crippen molar-refractivity contribution in [2.45, 2.75) is 13.0 Å². The van der Waals surface area contributed by atoms with Gasteiger partial charge < -0.3 is 4.74 Å². The van der Waals surface area contributed by atoms with E-state index in [-0.39, 0.29) is 12.3 Å². The predicted octanol–water partition coefficient (Wildman–Crippen LogP) is 4.59. The first-order chi connectivity index (χ1) is 14.1. The van der Waals surface area contributed by atoms with Crippen molar-refractivity contribution in [3.05, 3.63) is 99.5 Å². The number of hydrogen-bond acceptors (Lipinski definition) is 4. The van der Waals surface area contributed by atoms with Crippen LogP contribution < -0.4 is 10.2 Å². The van der Waals surface area contributed by atoms with Crippen molar-refractivity contribution in [1.82, 2.24) is 5.43 Å². The van der Waals surface area contributed by atoms with E-state index < -0.39 is 0 Å². The van der Waals surface area contributed by atoms with Gasteiger partial charge in [-0.15, -0.1) is 0 Å². The zero-order chi connectivity index (χ0) is 20.5. The maximum absolute atomic E-state index is 11.9. The number of amides is 1. The van der Waals surface area contributed by atoms with E-state index in [2.05, 4.69) is 32.5 Å². The Bertz CT molecular complexity index is 1040. The van der Waals surface area contributed by atoms with Crippen LogP contribution in [0.2, 0.25) is 0 Å². The van der Waals surface area contributed by atoms with Crippen molar-refractivity contribution < 1.29 is 9.53 Å². The zero-order valence-corrected chi connectivity index (χ0v) is 17.1. The van der Waals surface area contributed by atoms with Gasteiger partial charge in [-0.1, -0.05) is 46.3 Å². The van der Waals surface area contributed by atoms with Crippen LogP contribution in [0.25, 0.3) is 0 Å². The van der Waals surface area contributed by atoms with Crippen molar-refractivity contribution in [3.8, 4) is 11.8 Å². The average molecular weight is 448 g/mol. The molecule has 0 fully saturated rings. The van der Waals surface area contributed by atoms with Crippen LogP contribution >= 0.6 is 15.9 Å². The number of nitrogens with one attached hydrogen (secondary N) is 1. The number of benzene rings is 3. The highest BCUT2D eigenvalue weighted by atomic mass is 79.9. The first-order valence-corrected chi connectivity index (χ1v) is 9.70. The number of rotatable bonds is 7. The first-order valence-electron chi connectivity index (χ1n) is 8.91. The van der Waals surface area contributed by atoms with Crippen LogP contribution in [-0.2, 0) is 17.8 Å². The van der Waals surface area contributed by atoms with Crippen molar-refractivity contribution >= 4 is 28.1 Å². The van der Waals surface area contributed by atoms with Crippen molar-refractivity contribution in [3.63, 3.8) is 0 Å². The number of nitrogens with zero attached hydrogens (tertiary/aromatic N) is 2. The summed E-state index contributed by atoms with van der Waals surface area (Å²) in [6.07, 6.45) is 1.84. The Hall–Kier alpha value is -3.43. The number of nitriles is 1. The lowest BCUT2D eigenvalue weighted by Crippen LogP contribution is -2.19. The largest absolute Gasteiger partial charge is 0.489 e. The van der Waals surface area contributed by atoms with Gasteiger partial charge in [-0.3, -0.25) is 4.79 Å². The lowest BCUT2D eigenvalue weighted by atomic mass is 10.1. The number of carbonyl (C=O) groups is 1. The van der Waals surface area contributed by atoms with Gasteiger partial charge in [0.15, 0.2) is 0 Å². The number of hydrogen-bond donors (Lipinski definition) is 1. The first kappa shape index (κ1) is 20.3. The van der Waals surface area contributed by atoms with Gasteiger partial charge in [0, 0.05) is 10.0 Å². The van der Waals surface area contributed by atoms with E-state index in [1.54, 1.807) is 12.3 Å². The van der Waals surface area contributed by atoms with Crippen molar-refractivity contribution in [1.29, 1.82) is 5.26 Å². The standard InChI is InChI=1S/C23H18BrN3O2/c24-21-9-5-17(6-10-21)13-23(28)27-26-15-18-7-11-22(12-8-18)29-16-20-4-2-1-3-19(20)14-25/h1-12,15H,13,16H2,(H,27,28)/b26-15+. The SMILES string of the molecule is N#Cc1ccccc1COc1ccc(/C=N/NC(=O)Cc2ccc(Br)cc2)cc1. The van der Waals surface area contributed by atoms with Crippen LogP contribution in [0.5, 0.6) is 5.75 Å². The Balaban J connectivity index is 1.49. The fraction of sp³-hybridized carbons (Fsp3) is 0.0870. The number of hydrazone groups is 1. The van der Waals surface area contributed by atoms with E-state index in [1.807, 2.05) is 66.7 Å². The molecule has 3 aromatic rings. The van der Waals surface area contributed by atoms with Crippen LogP contribution in [0.1, 0.15) is 22.3 Å². The quantitative estimate of drug-likeness (QED) is 0.424. The minimum absolute atomic E-state index is 0.181. The zero-order valence-electron chi connectivity index (χ0n) is 15.5. The molecular formula is C23H18BrN3O2. The molecule has 29 heavy (non-hydrogen) atoms. The molecule has 0 atom stereocenters. The summed E-state index contributed by atoms with van der Waals surface area (Å²) in [5.74, 6) is 0.508. The van der Waals surface area contributed by atoms with Gasteiger partial charge in [0.05, 0.1) is 24.3 Å². The Kier molecular flexibility index (Phi) is 7.15. The fourth-order valence-electron chi connectivity index (χ4n) is 2.57. The van der Waals surface area contributed by atoms with Gasteiger partial charge >= 0.3 is 0 Å². The highest BCUT2D eigenvalue weighted by Crippen LogP contribution is 2.15. The molecule has 1 N–H and O–H groups in total. The van der Waals surface area contributed by atoms with Gasteiger partial charge in [0.2, 0.25) is 5.91 Å². The molecule has 0 saturated heterocycles. The third-order valence-electron chi connectivity index (χ3n) is 4.09. The Labute approximate surface area is 177 Å². The third-order valence-corrected chi connectivity index (χ3v) is 4.62. The highest BCUT2D eigenvalue weighted by Gasteiger charge is 2.03. The van der Waals surface area contributed by atoms with Gasteiger partial charge in [0.25, 0.3) is 0 Å². The molecule has 5 nitrogen and oxygen atoms in total. The second-order valence-electron chi connectivity index (χ2n) is 6.22. The van der Waals surface area contributed by atoms with Crippen molar-refractivity contribution in [2.75, 3.05) is 0 Å². The Morgan fingerprint density at radius 3 is 2.52 bits per heavy atom. The third kappa shape index (κ3) is 6.30. The molecule has 1 amide bonds. The van der Waals surface area contributed by atoms with Crippen LogP contribution in [0, 0.1) is 11.3 Å². The summed E-state index contributed by atoms with van der Waals surface area (Å²) >= 11 is 3.37. The minimum Gasteiger partial charge on any atom is -0.489 e. The summed E-state index contributed by atoms with van der Waals surface area (Å²) < 4.78 is 6.71. The van der Waals surface area contributed by atoms with Crippen molar-refractivity contribution in [2.24, 2.45) is 5.10 Å². The van der Waals surface area contributed by atoms with E-state index in [1.165, 1.54) is 0 Å². The smallest absolute Gasteiger partial charge is 0.244 e. The second kappa shape index (κ2) is 10.2. The molecular weight excluding hydrogens is 430 g/mol. The second-order valence-corrected chi connectivity index (χ2v) is 7.14. The lowest BCUT2D eigenvalue weighted by Gasteiger charge is -2.07.